The Bertz CT molecular complexity index is 769. The molecule has 0 fully saturated rings. The molecule has 0 saturated heterocycles. The van der Waals surface area contributed by atoms with Gasteiger partial charge < -0.3 is 9.84 Å². The second-order valence-electron chi connectivity index (χ2n) is 4.97. The zero-order valence-electron chi connectivity index (χ0n) is 12.4. The maximum Gasteiger partial charge on any atom is 0.435 e. The van der Waals surface area contributed by atoms with Gasteiger partial charge in [-0.25, -0.2) is 14.2 Å². The molecular formula is C15H8F7NO3. The molecule has 2 rings (SSSR count). The highest BCUT2D eigenvalue weighted by Crippen LogP contribution is 2.53. The van der Waals surface area contributed by atoms with Gasteiger partial charge in [-0.05, 0) is 18.2 Å². The van der Waals surface area contributed by atoms with Crippen molar-refractivity contribution in [1.29, 1.82) is 0 Å². The summed E-state index contributed by atoms with van der Waals surface area (Å²) in [6, 6.07) is 4.24. The zero-order chi connectivity index (χ0) is 19.8. The van der Waals surface area contributed by atoms with E-state index in [9.17, 15) is 35.5 Å². The lowest BCUT2D eigenvalue weighted by molar-refractivity contribution is -0.348. The maximum absolute atomic E-state index is 13.9. The number of carboxylic acid groups (broad SMARTS) is 1. The molecule has 26 heavy (non-hydrogen) atoms. The number of nitrogens with zero attached hydrogens (tertiary/aromatic N) is 1. The number of alkyl halides is 7. The van der Waals surface area contributed by atoms with E-state index in [1.54, 1.807) is 0 Å². The van der Waals surface area contributed by atoms with Crippen molar-refractivity contribution >= 4 is 5.97 Å². The van der Waals surface area contributed by atoms with Gasteiger partial charge >= 0.3 is 24.0 Å². The molecule has 11 heteroatoms. The molecule has 0 aliphatic carbocycles. The molecule has 1 N–H and O–H groups in total. The number of hydrogen-bond donors (Lipinski definition) is 1. The van der Waals surface area contributed by atoms with Crippen molar-refractivity contribution in [3.63, 3.8) is 0 Å². The van der Waals surface area contributed by atoms with Crippen molar-refractivity contribution < 1.29 is 45.4 Å². The third-order valence-electron chi connectivity index (χ3n) is 3.24. The van der Waals surface area contributed by atoms with E-state index in [1.165, 1.54) is 0 Å². The third kappa shape index (κ3) is 3.55. The number of ether oxygens (including phenoxy) is 1. The highest BCUT2D eigenvalue weighted by Gasteiger charge is 2.73. The summed E-state index contributed by atoms with van der Waals surface area (Å²) in [7, 11) is 0. The fraction of sp³-hybridized carbons (Fsp3) is 0.200. The Morgan fingerprint density at radius 1 is 0.885 bits per heavy atom. The average Bonchev–Trinajstić information content (AvgIpc) is 2.53. The molecule has 0 atom stereocenters. The van der Waals surface area contributed by atoms with Gasteiger partial charge in [0.15, 0.2) is 0 Å². The van der Waals surface area contributed by atoms with Gasteiger partial charge in [0.25, 0.3) is 0 Å². The van der Waals surface area contributed by atoms with Gasteiger partial charge in [-0.3, -0.25) is 0 Å². The molecule has 0 bridgehead atoms. The van der Waals surface area contributed by atoms with Gasteiger partial charge in [-0.15, -0.1) is 0 Å². The summed E-state index contributed by atoms with van der Waals surface area (Å²) in [5.74, 6) is -1.65. The number of aromatic carboxylic acids is 1. The third-order valence-corrected chi connectivity index (χ3v) is 3.24. The van der Waals surface area contributed by atoms with Gasteiger partial charge in [0.05, 0.1) is 5.56 Å². The minimum absolute atomic E-state index is 0.162. The molecule has 0 aliphatic rings. The first-order chi connectivity index (χ1) is 11.9. The van der Waals surface area contributed by atoms with Crippen LogP contribution >= 0.6 is 0 Å². The Labute approximate surface area is 140 Å². The SMILES string of the molecule is O=C(O)c1ccc(Oc2ccc(C(F)(C(F)(F)F)C(F)(F)F)cc2)nc1. The van der Waals surface area contributed by atoms with Crippen LogP contribution in [0.1, 0.15) is 15.9 Å². The summed E-state index contributed by atoms with van der Waals surface area (Å²) < 4.78 is 94.8. The molecule has 0 spiro atoms. The zero-order valence-corrected chi connectivity index (χ0v) is 12.4. The van der Waals surface area contributed by atoms with Gasteiger partial charge in [-0.1, -0.05) is 12.1 Å². The minimum atomic E-state index is -6.21. The Hall–Kier alpha value is -2.85. The van der Waals surface area contributed by atoms with E-state index in [-0.39, 0.29) is 17.2 Å². The van der Waals surface area contributed by atoms with Crippen LogP contribution in [-0.2, 0) is 5.67 Å². The van der Waals surface area contributed by atoms with Gasteiger partial charge in [0, 0.05) is 17.8 Å². The van der Waals surface area contributed by atoms with Crippen LogP contribution < -0.4 is 4.74 Å². The lowest BCUT2D eigenvalue weighted by Gasteiger charge is -2.30. The van der Waals surface area contributed by atoms with Crippen molar-refractivity contribution in [2.24, 2.45) is 0 Å². The number of halogens is 7. The molecule has 140 valence electrons. The van der Waals surface area contributed by atoms with Crippen LogP contribution in [0.4, 0.5) is 30.7 Å². The summed E-state index contributed by atoms with van der Waals surface area (Å²) in [5, 5.41) is 8.70. The van der Waals surface area contributed by atoms with Gasteiger partial charge in [-0.2, -0.15) is 26.3 Å². The fourth-order valence-corrected chi connectivity index (χ4v) is 1.93. The van der Waals surface area contributed by atoms with E-state index in [2.05, 4.69) is 4.98 Å². The van der Waals surface area contributed by atoms with Crippen LogP contribution in [-0.4, -0.2) is 28.4 Å². The summed E-state index contributed by atoms with van der Waals surface area (Å²) in [6.07, 6.45) is -11.5. The highest BCUT2D eigenvalue weighted by molar-refractivity contribution is 5.87. The number of benzene rings is 1. The number of carboxylic acids is 1. The quantitative estimate of drug-likeness (QED) is 0.766. The number of carbonyl (C=O) groups is 1. The van der Waals surface area contributed by atoms with E-state index in [0.29, 0.717) is 24.3 Å². The van der Waals surface area contributed by atoms with Crippen LogP contribution in [0.25, 0.3) is 0 Å². The fourth-order valence-electron chi connectivity index (χ4n) is 1.93. The van der Waals surface area contributed by atoms with Crippen LogP contribution in [0, 0.1) is 0 Å². The molecule has 0 radical (unpaired) electrons. The second kappa shape index (κ2) is 6.46. The van der Waals surface area contributed by atoms with E-state index >= 15 is 0 Å². The van der Waals surface area contributed by atoms with Crippen LogP contribution in [0.15, 0.2) is 42.6 Å². The van der Waals surface area contributed by atoms with Crippen molar-refractivity contribution in [2.75, 3.05) is 0 Å². The Balaban J connectivity index is 2.28. The Morgan fingerprint density at radius 2 is 1.42 bits per heavy atom. The number of hydrogen-bond acceptors (Lipinski definition) is 3. The lowest BCUT2D eigenvalue weighted by atomic mass is 9.94. The molecule has 0 amide bonds. The summed E-state index contributed by atoms with van der Waals surface area (Å²) in [4.78, 5) is 14.3. The molecule has 1 aromatic heterocycles. The highest BCUT2D eigenvalue weighted by atomic mass is 19.4. The van der Waals surface area contributed by atoms with Gasteiger partial charge in [0.2, 0.25) is 5.88 Å². The predicted molar refractivity (Wildman–Crippen MR) is 72.6 cm³/mol. The lowest BCUT2D eigenvalue weighted by Crippen LogP contribution is -2.50. The normalized spacial score (nSPS) is 12.7. The molecule has 0 unspecified atom stereocenters. The number of aromatic nitrogens is 1. The topological polar surface area (TPSA) is 59.4 Å². The van der Waals surface area contributed by atoms with Crippen molar-refractivity contribution in [2.45, 2.75) is 18.0 Å². The molecule has 1 aromatic carbocycles. The van der Waals surface area contributed by atoms with Crippen molar-refractivity contribution in [1.82, 2.24) is 4.98 Å². The number of pyridine rings is 1. The monoisotopic (exact) mass is 383 g/mol. The smallest absolute Gasteiger partial charge is 0.435 e. The molecule has 1 heterocycles. The number of rotatable bonds is 4. The molecular weight excluding hydrogens is 375 g/mol. The first-order valence-electron chi connectivity index (χ1n) is 6.66. The van der Waals surface area contributed by atoms with E-state index < -0.39 is 29.6 Å². The van der Waals surface area contributed by atoms with Gasteiger partial charge in [0.1, 0.15) is 5.75 Å². The summed E-state index contributed by atoms with van der Waals surface area (Å²) in [6.45, 7) is 0. The maximum atomic E-state index is 13.9. The molecule has 0 saturated carbocycles. The van der Waals surface area contributed by atoms with E-state index in [0.717, 1.165) is 18.3 Å². The summed E-state index contributed by atoms with van der Waals surface area (Å²) >= 11 is 0. The molecule has 0 aliphatic heterocycles. The largest absolute Gasteiger partial charge is 0.478 e. The van der Waals surface area contributed by atoms with E-state index in [1.807, 2.05) is 0 Å². The minimum Gasteiger partial charge on any atom is -0.478 e. The van der Waals surface area contributed by atoms with Crippen molar-refractivity contribution in [3.8, 4) is 11.6 Å². The molecule has 2 aromatic rings. The average molecular weight is 383 g/mol. The summed E-state index contributed by atoms with van der Waals surface area (Å²) in [5.41, 5.74) is -7.34. The first-order valence-corrected chi connectivity index (χ1v) is 6.66. The van der Waals surface area contributed by atoms with Crippen LogP contribution in [0.5, 0.6) is 11.6 Å². The second-order valence-corrected chi connectivity index (χ2v) is 4.97. The van der Waals surface area contributed by atoms with Crippen LogP contribution in [0.3, 0.4) is 0 Å². The standard InChI is InChI=1S/C15H8F7NO3/c16-13(14(17,18)19,15(20,21)22)9-2-4-10(5-3-9)26-11-6-1-8(7-23-11)12(24)25/h1-7H,(H,24,25). The Morgan fingerprint density at radius 3 is 1.81 bits per heavy atom. The van der Waals surface area contributed by atoms with Crippen LogP contribution in [0.2, 0.25) is 0 Å². The predicted octanol–water partition coefficient (Wildman–Crippen LogP) is 4.86. The Kier molecular flexibility index (Phi) is 4.84. The van der Waals surface area contributed by atoms with E-state index in [4.69, 9.17) is 9.84 Å². The first kappa shape index (κ1) is 19.5. The van der Waals surface area contributed by atoms with Crippen molar-refractivity contribution in [3.05, 3.63) is 53.7 Å². The molecule has 4 nitrogen and oxygen atoms in total.